The van der Waals surface area contributed by atoms with E-state index in [9.17, 15) is 14.4 Å². The number of amides is 1. The normalized spacial score (nSPS) is 15.3. The van der Waals surface area contributed by atoms with Crippen LogP contribution in [0.25, 0.3) is 0 Å². The van der Waals surface area contributed by atoms with E-state index in [0.717, 1.165) is 16.2 Å². The number of nitrogens with zero attached hydrogens (tertiary/aromatic N) is 1. The summed E-state index contributed by atoms with van der Waals surface area (Å²) in [5, 5.41) is 10.6. The highest BCUT2D eigenvalue weighted by Crippen LogP contribution is 2.40. The van der Waals surface area contributed by atoms with Crippen LogP contribution in [0.1, 0.15) is 9.67 Å². The number of carboxylic acid groups (broad SMARTS) is 1. The molecule has 0 saturated carbocycles. The van der Waals surface area contributed by atoms with Crippen molar-refractivity contribution in [1.82, 2.24) is 0 Å². The smallest absolute Gasteiger partial charge is 0.348 e. The summed E-state index contributed by atoms with van der Waals surface area (Å²) in [6.45, 7) is -0.393. The maximum atomic E-state index is 11.9. The predicted octanol–water partition coefficient (Wildman–Crippen LogP) is -0.328. The number of methoxy groups -OCH3 is 1. The van der Waals surface area contributed by atoms with E-state index >= 15 is 0 Å². The Kier molecular flexibility index (Phi) is 3.91. The Morgan fingerprint density at radius 2 is 2.35 bits per heavy atom. The lowest BCUT2D eigenvalue weighted by Gasteiger charge is -2.29. The van der Waals surface area contributed by atoms with Gasteiger partial charge in [0.15, 0.2) is 12.4 Å². The van der Waals surface area contributed by atoms with E-state index in [0.29, 0.717) is 5.75 Å². The average Bonchev–Trinajstić information content (AvgIpc) is 2.85. The van der Waals surface area contributed by atoms with Crippen LogP contribution in [0.3, 0.4) is 0 Å². The summed E-state index contributed by atoms with van der Waals surface area (Å²) < 4.78 is 9.65. The van der Waals surface area contributed by atoms with Gasteiger partial charge in [0, 0.05) is 5.38 Å². The summed E-state index contributed by atoms with van der Waals surface area (Å²) >= 11 is 0.945. The molecule has 1 aromatic rings. The molecule has 0 bridgehead atoms. The quantitative estimate of drug-likeness (QED) is 0.731. The van der Waals surface area contributed by atoms with Gasteiger partial charge in [-0.15, -0.1) is 11.3 Å². The molecule has 3 N–H and O–H groups in total. The monoisotopic (exact) mass is 300 g/mol. The number of esters is 1. The van der Waals surface area contributed by atoms with E-state index in [4.69, 9.17) is 15.6 Å². The van der Waals surface area contributed by atoms with Crippen molar-refractivity contribution in [1.29, 1.82) is 0 Å². The Morgan fingerprint density at radius 3 is 2.95 bits per heavy atom. The Labute approximate surface area is 117 Å². The molecule has 1 aliphatic heterocycles. The van der Waals surface area contributed by atoms with Crippen LogP contribution in [-0.4, -0.2) is 49.3 Å². The summed E-state index contributed by atoms with van der Waals surface area (Å²) in [5.74, 6) is -2.02. The minimum absolute atomic E-state index is 0.0369. The average molecular weight is 300 g/mol. The zero-order chi connectivity index (χ0) is 14.9. The number of nitrogens with two attached hydrogens (primary N) is 1. The third kappa shape index (κ3) is 2.45. The first kappa shape index (κ1) is 14.3. The summed E-state index contributed by atoms with van der Waals surface area (Å²) in [7, 11) is 1.18. The number of hydrogen-bond donors (Lipinski definition) is 2. The van der Waals surface area contributed by atoms with Crippen molar-refractivity contribution in [2.75, 3.05) is 25.2 Å². The van der Waals surface area contributed by atoms with Crippen LogP contribution in [0.15, 0.2) is 5.38 Å². The molecule has 0 spiro atoms. The number of ether oxygens (including phenoxy) is 2. The molecule has 0 radical (unpaired) electrons. The minimum Gasteiger partial charge on any atom is -0.481 e. The lowest BCUT2D eigenvalue weighted by atomic mass is 10.2. The molecule has 0 fully saturated rings. The van der Waals surface area contributed by atoms with Gasteiger partial charge in [0.05, 0.1) is 13.7 Å². The van der Waals surface area contributed by atoms with Gasteiger partial charge in [0.25, 0.3) is 5.91 Å². The topological polar surface area (TPSA) is 119 Å². The molecular weight excluding hydrogens is 288 g/mol. The molecule has 8 nitrogen and oxygen atoms in total. The van der Waals surface area contributed by atoms with E-state index in [-0.39, 0.29) is 23.7 Å². The molecule has 1 aromatic heterocycles. The Bertz CT molecular complexity index is 569. The number of rotatable bonds is 4. The molecular formula is C11H12N2O6S. The van der Waals surface area contributed by atoms with E-state index in [1.807, 2.05) is 0 Å². The molecule has 2 heterocycles. The fraction of sp³-hybridized carbons (Fsp3) is 0.364. The van der Waals surface area contributed by atoms with E-state index in [1.165, 1.54) is 12.5 Å². The Morgan fingerprint density at radius 1 is 1.65 bits per heavy atom. The van der Waals surface area contributed by atoms with E-state index < -0.39 is 23.9 Å². The molecule has 0 aliphatic carbocycles. The van der Waals surface area contributed by atoms with Crippen molar-refractivity contribution >= 4 is 34.9 Å². The second kappa shape index (κ2) is 5.47. The zero-order valence-corrected chi connectivity index (χ0v) is 11.3. The molecule has 2 rings (SSSR count). The second-order valence-corrected chi connectivity index (χ2v) is 4.89. The minimum atomic E-state index is -1.17. The first-order valence-electron chi connectivity index (χ1n) is 5.57. The standard InChI is InChI=1S/C11H12N2O6S/c1-18-11(17)5(12)2-13-7(14)3-19-6-4-20-9(8(6)13)10(15)16/h4-5H,2-3,12H2,1H3,(H,15,16). The lowest BCUT2D eigenvalue weighted by Crippen LogP contribution is -2.49. The highest BCUT2D eigenvalue weighted by atomic mass is 32.1. The van der Waals surface area contributed by atoms with Gasteiger partial charge in [-0.2, -0.15) is 0 Å². The van der Waals surface area contributed by atoms with Crippen LogP contribution in [0.2, 0.25) is 0 Å². The number of hydrogen-bond acceptors (Lipinski definition) is 7. The number of carbonyl (C=O) groups is 3. The highest BCUT2D eigenvalue weighted by molar-refractivity contribution is 7.13. The number of fused-ring (bicyclic) bond motifs is 1. The number of carbonyl (C=O) groups excluding carboxylic acids is 2. The first-order chi connectivity index (χ1) is 9.45. The molecule has 1 aliphatic rings. The summed E-state index contributed by atoms with van der Waals surface area (Å²) in [4.78, 5) is 35.5. The van der Waals surface area contributed by atoms with Gasteiger partial charge < -0.3 is 25.2 Å². The molecule has 9 heteroatoms. The third-order valence-corrected chi connectivity index (χ3v) is 3.67. The number of aromatic carboxylic acids is 1. The Balaban J connectivity index is 2.34. The second-order valence-electron chi connectivity index (χ2n) is 4.01. The summed E-state index contributed by atoms with van der Waals surface area (Å²) in [6.07, 6.45) is 0. The van der Waals surface area contributed by atoms with Gasteiger partial charge in [-0.3, -0.25) is 9.59 Å². The maximum absolute atomic E-state index is 11.9. The molecule has 0 aromatic carbocycles. The lowest BCUT2D eigenvalue weighted by molar-refractivity contribution is -0.141. The predicted molar refractivity (Wildman–Crippen MR) is 69.1 cm³/mol. The zero-order valence-electron chi connectivity index (χ0n) is 10.5. The SMILES string of the molecule is COC(=O)C(N)CN1C(=O)COc2csc(C(=O)O)c21. The maximum Gasteiger partial charge on any atom is 0.348 e. The van der Waals surface area contributed by atoms with Crippen molar-refractivity contribution < 1.29 is 29.0 Å². The van der Waals surface area contributed by atoms with Crippen LogP contribution >= 0.6 is 11.3 Å². The summed E-state index contributed by atoms with van der Waals surface area (Å²) in [6, 6.07) is -1.06. The van der Waals surface area contributed by atoms with Gasteiger partial charge in [-0.25, -0.2) is 4.79 Å². The number of anilines is 1. The molecule has 0 saturated heterocycles. The van der Waals surface area contributed by atoms with Crippen LogP contribution in [0.4, 0.5) is 5.69 Å². The van der Waals surface area contributed by atoms with Crippen molar-refractivity contribution in [3.05, 3.63) is 10.3 Å². The fourth-order valence-corrected chi connectivity index (χ4v) is 2.63. The molecule has 108 valence electrons. The first-order valence-corrected chi connectivity index (χ1v) is 6.45. The number of carboxylic acids is 1. The third-order valence-electron chi connectivity index (χ3n) is 2.73. The molecule has 20 heavy (non-hydrogen) atoms. The summed E-state index contributed by atoms with van der Waals surface area (Å²) in [5.41, 5.74) is 5.76. The molecule has 1 atom stereocenters. The molecule has 1 amide bonds. The van der Waals surface area contributed by atoms with Gasteiger partial charge in [0.2, 0.25) is 0 Å². The molecule has 1 unspecified atom stereocenters. The van der Waals surface area contributed by atoms with Gasteiger partial charge in [-0.05, 0) is 0 Å². The van der Waals surface area contributed by atoms with Gasteiger partial charge in [-0.1, -0.05) is 0 Å². The van der Waals surface area contributed by atoms with Crippen LogP contribution in [0.5, 0.6) is 5.75 Å². The van der Waals surface area contributed by atoms with Crippen molar-refractivity contribution in [2.45, 2.75) is 6.04 Å². The van der Waals surface area contributed by atoms with Crippen molar-refractivity contribution in [3.8, 4) is 5.75 Å². The highest BCUT2D eigenvalue weighted by Gasteiger charge is 2.34. The Hall–Kier alpha value is -2.13. The van der Waals surface area contributed by atoms with Gasteiger partial charge >= 0.3 is 11.9 Å². The van der Waals surface area contributed by atoms with Crippen LogP contribution in [0, 0.1) is 0 Å². The largest absolute Gasteiger partial charge is 0.481 e. The van der Waals surface area contributed by atoms with Crippen molar-refractivity contribution in [2.24, 2.45) is 5.73 Å². The van der Waals surface area contributed by atoms with E-state index in [1.54, 1.807) is 0 Å². The van der Waals surface area contributed by atoms with Crippen molar-refractivity contribution in [3.63, 3.8) is 0 Å². The number of thiophene rings is 1. The van der Waals surface area contributed by atoms with Gasteiger partial charge in [0.1, 0.15) is 16.6 Å². The fourth-order valence-electron chi connectivity index (χ4n) is 1.80. The van der Waals surface area contributed by atoms with E-state index in [2.05, 4.69) is 4.74 Å². The van der Waals surface area contributed by atoms with Crippen LogP contribution < -0.4 is 15.4 Å². The van der Waals surface area contributed by atoms with Crippen LogP contribution in [-0.2, 0) is 14.3 Å².